The van der Waals surface area contributed by atoms with E-state index in [1.807, 2.05) is 23.6 Å². The topological polar surface area (TPSA) is 34.0 Å². The van der Waals surface area contributed by atoms with Crippen molar-refractivity contribution in [1.29, 1.82) is 0 Å². The van der Waals surface area contributed by atoms with Crippen molar-refractivity contribution in [2.45, 2.75) is 45.2 Å². The van der Waals surface area contributed by atoms with Gasteiger partial charge in [0.15, 0.2) is 0 Å². The van der Waals surface area contributed by atoms with Crippen LogP contribution in [0.15, 0.2) is 23.0 Å². The molecular weight excluding hydrogens is 200 g/mol. The van der Waals surface area contributed by atoms with Crippen LogP contribution in [0.5, 0.6) is 0 Å². The van der Waals surface area contributed by atoms with Crippen LogP contribution in [0.4, 0.5) is 0 Å². The molecule has 16 heavy (non-hydrogen) atoms. The molecule has 1 aromatic rings. The van der Waals surface area contributed by atoms with E-state index in [9.17, 15) is 4.79 Å². The molecule has 1 N–H and O–H groups in total. The Balaban J connectivity index is 1.87. The minimum atomic E-state index is 0.124. The zero-order valence-corrected chi connectivity index (χ0v) is 9.91. The van der Waals surface area contributed by atoms with Crippen molar-refractivity contribution >= 4 is 0 Å². The van der Waals surface area contributed by atoms with E-state index in [0.29, 0.717) is 6.04 Å². The van der Waals surface area contributed by atoms with Crippen LogP contribution >= 0.6 is 0 Å². The molecule has 1 saturated heterocycles. The fraction of sp³-hybridized carbons (Fsp3) is 0.615. The summed E-state index contributed by atoms with van der Waals surface area (Å²) in [6.07, 6.45) is 4.86. The van der Waals surface area contributed by atoms with E-state index in [-0.39, 0.29) is 5.56 Å². The van der Waals surface area contributed by atoms with Gasteiger partial charge < -0.3 is 9.88 Å². The number of nitrogens with zero attached hydrogens (tertiary/aromatic N) is 1. The number of pyridine rings is 1. The molecule has 0 saturated carbocycles. The lowest BCUT2D eigenvalue weighted by Gasteiger charge is -2.12. The van der Waals surface area contributed by atoms with Crippen LogP contribution in [0.1, 0.15) is 31.4 Å². The lowest BCUT2D eigenvalue weighted by Crippen LogP contribution is -2.24. The molecule has 3 nitrogen and oxygen atoms in total. The van der Waals surface area contributed by atoms with E-state index >= 15 is 0 Å². The SMILES string of the molecule is Cc1cccc(=O)n1CCCC1CCCN1. The van der Waals surface area contributed by atoms with Crippen molar-refractivity contribution in [1.82, 2.24) is 9.88 Å². The first kappa shape index (κ1) is 11.4. The van der Waals surface area contributed by atoms with E-state index in [1.165, 1.54) is 19.3 Å². The van der Waals surface area contributed by atoms with Crippen molar-refractivity contribution in [3.63, 3.8) is 0 Å². The second-order valence-corrected chi connectivity index (χ2v) is 4.59. The molecular formula is C13H20N2O. The van der Waals surface area contributed by atoms with Gasteiger partial charge in [0.25, 0.3) is 5.56 Å². The van der Waals surface area contributed by atoms with Crippen LogP contribution < -0.4 is 10.9 Å². The number of hydrogen-bond donors (Lipinski definition) is 1. The summed E-state index contributed by atoms with van der Waals surface area (Å²) in [4.78, 5) is 11.6. The van der Waals surface area contributed by atoms with Crippen molar-refractivity contribution in [2.75, 3.05) is 6.54 Å². The predicted molar refractivity (Wildman–Crippen MR) is 65.7 cm³/mol. The van der Waals surface area contributed by atoms with E-state index in [1.54, 1.807) is 6.07 Å². The molecule has 2 heterocycles. The summed E-state index contributed by atoms with van der Waals surface area (Å²) in [5.41, 5.74) is 1.19. The van der Waals surface area contributed by atoms with E-state index in [2.05, 4.69) is 5.32 Å². The minimum absolute atomic E-state index is 0.124. The zero-order valence-electron chi connectivity index (χ0n) is 9.91. The van der Waals surface area contributed by atoms with Gasteiger partial charge in [0.05, 0.1) is 0 Å². The highest BCUT2D eigenvalue weighted by molar-refractivity contribution is 5.04. The van der Waals surface area contributed by atoms with Crippen LogP contribution in [0.3, 0.4) is 0 Å². The molecule has 2 rings (SSSR count). The number of hydrogen-bond acceptors (Lipinski definition) is 2. The third-order valence-electron chi connectivity index (χ3n) is 3.36. The van der Waals surface area contributed by atoms with Gasteiger partial charge in [-0.3, -0.25) is 4.79 Å². The van der Waals surface area contributed by atoms with E-state index < -0.39 is 0 Å². The first-order valence-corrected chi connectivity index (χ1v) is 6.17. The molecule has 0 bridgehead atoms. The van der Waals surface area contributed by atoms with Crippen LogP contribution in [0, 0.1) is 6.92 Å². The summed E-state index contributed by atoms with van der Waals surface area (Å²) < 4.78 is 1.87. The molecule has 1 atom stereocenters. The van der Waals surface area contributed by atoms with Gasteiger partial charge in [-0.2, -0.15) is 0 Å². The first-order chi connectivity index (χ1) is 7.77. The maximum absolute atomic E-state index is 11.6. The summed E-state index contributed by atoms with van der Waals surface area (Å²) in [7, 11) is 0. The highest BCUT2D eigenvalue weighted by Gasteiger charge is 2.13. The second-order valence-electron chi connectivity index (χ2n) is 4.59. The summed E-state index contributed by atoms with van der Waals surface area (Å²) in [5, 5.41) is 3.48. The predicted octanol–water partition coefficient (Wildman–Crippen LogP) is 1.69. The molecule has 0 radical (unpaired) electrons. The van der Waals surface area contributed by atoms with Crippen LogP contribution in [0.25, 0.3) is 0 Å². The molecule has 88 valence electrons. The van der Waals surface area contributed by atoms with Gasteiger partial charge in [-0.15, -0.1) is 0 Å². The Kier molecular flexibility index (Phi) is 3.78. The maximum Gasteiger partial charge on any atom is 0.250 e. The van der Waals surface area contributed by atoms with Crippen LogP contribution in [-0.2, 0) is 6.54 Å². The molecule has 1 aliphatic rings. The number of rotatable bonds is 4. The van der Waals surface area contributed by atoms with E-state index in [0.717, 1.165) is 25.2 Å². The van der Waals surface area contributed by atoms with Crippen molar-refractivity contribution < 1.29 is 0 Å². The average Bonchev–Trinajstić information content (AvgIpc) is 2.75. The Morgan fingerprint density at radius 2 is 2.38 bits per heavy atom. The lowest BCUT2D eigenvalue weighted by molar-refractivity contribution is 0.493. The van der Waals surface area contributed by atoms with Gasteiger partial charge in [0, 0.05) is 24.3 Å². The smallest absolute Gasteiger partial charge is 0.250 e. The molecule has 1 aromatic heterocycles. The summed E-state index contributed by atoms with van der Waals surface area (Å²) in [6, 6.07) is 6.14. The molecule has 3 heteroatoms. The number of aromatic nitrogens is 1. The Hall–Kier alpha value is -1.09. The fourth-order valence-electron chi connectivity index (χ4n) is 2.41. The standard InChI is InChI=1S/C13H20N2O/c1-11-5-2-8-13(16)15(11)10-4-7-12-6-3-9-14-12/h2,5,8,12,14H,3-4,6-7,9-10H2,1H3. The Morgan fingerprint density at radius 3 is 3.06 bits per heavy atom. The van der Waals surface area contributed by atoms with Crippen molar-refractivity contribution in [2.24, 2.45) is 0 Å². The van der Waals surface area contributed by atoms with Gasteiger partial charge in [-0.1, -0.05) is 6.07 Å². The van der Waals surface area contributed by atoms with Gasteiger partial charge in [-0.25, -0.2) is 0 Å². The first-order valence-electron chi connectivity index (χ1n) is 6.17. The Morgan fingerprint density at radius 1 is 1.50 bits per heavy atom. The van der Waals surface area contributed by atoms with Crippen molar-refractivity contribution in [3.05, 3.63) is 34.2 Å². The fourth-order valence-corrected chi connectivity index (χ4v) is 2.41. The number of aryl methyl sites for hydroxylation is 1. The van der Waals surface area contributed by atoms with Gasteiger partial charge in [0.2, 0.25) is 0 Å². The lowest BCUT2D eigenvalue weighted by atomic mass is 10.1. The van der Waals surface area contributed by atoms with Crippen molar-refractivity contribution in [3.8, 4) is 0 Å². The molecule has 0 amide bonds. The third kappa shape index (κ3) is 2.73. The summed E-state index contributed by atoms with van der Waals surface area (Å²) in [5.74, 6) is 0. The normalized spacial score (nSPS) is 20.2. The van der Waals surface area contributed by atoms with Gasteiger partial charge in [-0.05, 0) is 45.2 Å². The average molecular weight is 220 g/mol. The summed E-state index contributed by atoms with van der Waals surface area (Å²) >= 11 is 0. The molecule has 0 aliphatic carbocycles. The van der Waals surface area contributed by atoms with E-state index in [4.69, 9.17) is 0 Å². The quantitative estimate of drug-likeness (QED) is 0.838. The third-order valence-corrected chi connectivity index (χ3v) is 3.36. The largest absolute Gasteiger partial charge is 0.314 e. The molecule has 0 spiro atoms. The molecule has 1 fully saturated rings. The summed E-state index contributed by atoms with van der Waals surface area (Å²) in [6.45, 7) is 4.01. The van der Waals surface area contributed by atoms with Crippen LogP contribution in [-0.4, -0.2) is 17.2 Å². The van der Waals surface area contributed by atoms with Gasteiger partial charge in [0.1, 0.15) is 0 Å². The highest BCUT2D eigenvalue weighted by Crippen LogP contribution is 2.11. The van der Waals surface area contributed by atoms with Crippen LogP contribution in [0.2, 0.25) is 0 Å². The van der Waals surface area contributed by atoms with Gasteiger partial charge >= 0.3 is 0 Å². The highest BCUT2D eigenvalue weighted by atomic mass is 16.1. The molecule has 1 unspecified atom stereocenters. The Bertz CT molecular complexity index is 391. The number of nitrogens with one attached hydrogen (secondary N) is 1. The zero-order chi connectivity index (χ0) is 11.4. The maximum atomic E-state index is 11.6. The Labute approximate surface area is 96.5 Å². The molecule has 0 aromatic carbocycles. The minimum Gasteiger partial charge on any atom is -0.314 e. The molecule has 1 aliphatic heterocycles. The second kappa shape index (κ2) is 5.30. The monoisotopic (exact) mass is 220 g/mol.